The first-order chi connectivity index (χ1) is 13.2. The summed E-state index contributed by atoms with van der Waals surface area (Å²) in [7, 11) is 1.73. The van der Waals surface area contributed by atoms with E-state index in [-0.39, 0.29) is 34.8 Å². The average Bonchev–Trinajstić information content (AvgIpc) is 2.85. The first-order valence-corrected chi connectivity index (χ1v) is 9.01. The zero-order chi connectivity index (χ0) is 20.5. The second-order valence-electron chi connectivity index (χ2n) is 5.95. The molecule has 1 aromatic carbocycles. The largest absolute Gasteiger partial charge is 0.493 e. The van der Waals surface area contributed by atoms with Crippen LogP contribution in [-0.4, -0.2) is 31.8 Å². The van der Waals surface area contributed by atoms with E-state index < -0.39 is 11.2 Å². The maximum atomic E-state index is 12.8. The fourth-order valence-electron chi connectivity index (χ4n) is 2.75. The van der Waals surface area contributed by atoms with E-state index in [2.05, 4.69) is 10.3 Å². The minimum atomic E-state index is -4.39. The first-order valence-electron chi connectivity index (χ1n) is 8.19. The van der Waals surface area contributed by atoms with Crippen LogP contribution in [-0.2, 0) is 6.54 Å². The molecule has 0 bridgehead atoms. The Morgan fingerprint density at radius 2 is 1.89 bits per heavy atom. The molecule has 0 fully saturated rings. The van der Waals surface area contributed by atoms with Crippen LogP contribution in [0.15, 0.2) is 52.3 Å². The number of alkyl halides is 3. The van der Waals surface area contributed by atoms with Gasteiger partial charge in [0.05, 0.1) is 17.9 Å². The van der Waals surface area contributed by atoms with E-state index in [0.29, 0.717) is 11.5 Å². The molecule has 3 aromatic rings. The van der Waals surface area contributed by atoms with Gasteiger partial charge < -0.3 is 10.4 Å². The number of hydrogen-bond acceptors (Lipinski definition) is 5. The van der Waals surface area contributed by atoms with E-state index in [4.69, 9.17) is 0 Å². The predicted molar refractivity (Wildman–Crippen MR) is 101 cm³/mol. The monoisotopic (exact) mass is 410 g/mol. The summed E-state index contributed by atoms with van der Waals surface area (Å²) < 4.78 is 39.9. The Balaban J connectivity index is 1.95. The van der Waals surface area contributed by atoms with Crippen molar-refractivity contribution in [3.8, 4) is 11.6 Å². The van der Waals surface area contributed by atoms with Crippen molar-refractivity contribution in [2.75, 3.05) is 12.4 Å². The van der Waals surface area contributed by atoms with Gasteiger partial charge in [-0.15, -0.1) is 0 Å². The minimum Gasteiger partial charge on any atom is -0.493 e. The number of nitrogens with one attached hydrogen (secondary N) is 1. The molecule has 2 heterocycles. The van der Waals surface area contributed by atoms with Gasteiger partial charge in [0.15, 0.2) is 0 Å². The summed E-state index contributed by atoms with van der Waals surface area (Å²) in [6.45, 7) is 1.81. The number of aromatic hydroxyl groups is 1. The number of benzene rings is 1. The lowest BCUT2D eigenvalue weighted by Gasteiger charge is -2.07. The normalized spacial score (nSPS) is 11.6. The van der Waals surface area contributed by atoms with E-state index in [9.17, 15) is 23.1 Å². The molecule has 0 aliphatic heterocycles. The van der Waals surface area contributed by atoms with Gasteiger partial charge in [0, 0.05) is 18.1 Å². The summed E-state index contributed by atoms with van der Waals surface area (Å²) in [5.74, 6) is 0.383. The summed E-state index contributed by atoms with van der Waals surface area (Å²) in [6.07, 6.45) is 1.61. The van der Waals surface area contributed by atoms with Crippen molar-refractivity contribution in [1.29, 1.82) is 0 Å². The molecule has 0 atom stereocenters. The third-order valence-corrected chi connectivity index (χ3v) is 4.85. The number of aromatic nitrogens is 3. The van der Waals surface area contributed by atoms with Crippen molar-refractivity contribution in [1.82, 2.24) is 14.1 Å². The zero-order valence-corrected chi connectivity index (χ0v) is 15.8. The second-order valence-corrected chi connectivity index (χ2v) is 7.09. The second kappa shape index (κ2) is 7.63. The summed E-state index contributed by atoms with van der Waals surface area (Å²) in [6, 6.07) is 8.78. The van der Waals surface area contributed by atoms with E-state index in [1.54, 1.807) is 32.3 Å². The molecule has 10 heteroatoms. The first kappa shape index (κ1) is 19.9. The topological polar surface area (TPSA) is 72.1 Å². The molecule has 28 heavy (non-hydrogen) atoms. The maximum absolute atomic E-state index is 12.8. The summed E-state index contributed by atoms with van der Waals surface area (Å²) in [4.78, 5) is 16.9. The van der Waals surface area contributed by atoms with Crippen LogP contribution in [0.5, 0.6) is 5.88 Å². The molecule has 0 unspecified atom stereocenters. The smallest absolute Gasteiger partial charge is 0.446 e. The van der Waals surface area contributed by atoms with Gasteiger partial charge in [-0.25, -0.2) is 14.3 Å². The standard InChI is InChI=1S/C18H17F3N4O2S/c1-11-16(26)25(13-3-5-14(6-4-13)28-18(19,20)21)17(27)24(11)10-12-7-8-23-15(9-12)22-2/h3-9,26H,10H2,1-2H3,(H,22,23). The quantitative estimate of drug-likeness (QED) is 0.627. The Morgan fingerprint density at radius 1 is 1.21 bits per heavy atom. The van der Waals surface area contributed by atoms with Gasteiger partial charge in [-0.05, 0) is 60.6 Å². The van der Waals surface area contributed by atoms with E-state index >= 15 is 0 Å². The molecule has 148 valence electrons. The molecule has 6 nitrogen and oxygen atoms in total. The van der Waals surface area contributed by atoms with Crippen LogP contribution in [0.4, 0.5) is 19.0 Å². The van der Waals surface area contributed by atoms with E-state index in [1.165, 1.54) is 28.8 Å². The van der Waals surface area contributed by atoms with Gasteiger partial charge in [0.25, 0.3) is 0 Å². The number of imidazole rings is 1. The van der Waals surface area contributed by atoms with Crippen LogP contribution in [0.2, 0.25) is 0 Å². The molecule has 2 N–H and O–H groups in total. The van der Waals surface area contributed by atoms with Crippen molar-refractivity contribution < 1.29 is 18.3 Å². The van der Waals surface area contributed by atoms with Gasteiger partial charge in [0.1, 0.15) is 5.82 Å². The van der Waals surface area contributed by atoms with Crippen LogP contribution in [0.1, 0.15) is 11.3 Å². The van der Waals surface area contributed by atoms with Gasteiger partial charge in [0.2, 0.25) is 5.88 Å². The Kier molecular flexibility index (Phi) is 5.41. The van der Waals surface area contributed by atoms with Crippen molar-refractivity contribution in [2.24, 2.45) is 0 Å². The highest BCUT2D eigenvalue weighted by atomic mass is 32.2. The van der Waals surface area contributed by atoms with E-state index in [1.807, 2.05) is 0 Å². The summed E-state index contributed by atoms with van der Waals surface area (Å²) >= 11 is -0.240. The number of rotatable bonds is 5. The molecular weight excluding hydrogens is 393 g/mol. The zero-order valence-electron chi connectivity index (χ0n) is 15.0. The number of hydrogen-bond donors (Lipinski definition) is 2. The fraction of sp³-hybridized carbons (Fsp3) is 0.222. The number of halogens is 3. The highest BCUT2D eigenvalue weighted by Crippen LogP contribution is 2.37. The minimum absolute atomic E-state index is 0.00340. The Morgan fingerprint density at radius 3 is 2.50 bits per heavy atom. The summed E-state index contributed by atoms with van der Waals surface area (Å²) in [5, 5.41) is 13.3. The van der Waals surface area contributed by atoms with E-state index in [0.717, 1.165) is 10.1 Å². The van der Waals surface area contributed by atoms with Gasteiger partial charge in [-0.1, -0.05) is 0 Å². The third-order valence-electron chi connectivity index (χ3n) is 4.11. The molecule has 0 saturated carbocycles. The molecule has 0 amide bonds. The predicted octanol–water partition coefficient (Wildman–Crippen LogP) is 3.75. The molecule has 0 radical (unpaired) electrons. The molecule has 0 saturated heterocycles. The molecule has 3 rings (SSSR count). The Hall–Kier alpha value is -2.88. The number of thioether (sulfide) groups is 1. The van der Waals surface area contributed by atoms with Gasteiger partial charge in [-0.3, -0.25) is 4.57 Å². The van der Waals surface area contributed by atoms with Crippen LogP contribution in [0, 0.1) is 6.92 Å². The molecule has 0 spiro atoms. The molecule has 0 aliphatic rings. The summed E-state index contributed by atoms with van der Waals surface area (Å²) in [5.41, 5.74) is -3.45. The Bertz CT molecular complexity index is 1040. The lowest BCUT2D eigenvalue weighted by atomic mass is 10.2. The van der Waals surface area contributed by atoms with Crippen LogP contribution in [0.3, 0.4) is 0 Å². The molecular formula is C18H17F3N4O2S. The average molecular weight is 410 g/mol. The van der Waals surface area contributed by atoms with Crippen LogP contribution >= 0.6 is 11.8 Å². The number of nitrogens with zero attached hydrogens (tertiary/aromatic N) is 3. The highest BCUT2D eigenvalue weighted by Gasteiger charge is 2.29. The molecule has 0 aliphatic carbocycles. The van der Waals surface area contributed by atoms with Crippen molar-refractivity contribution in [3.63, 3.8) is 0 Å². The Labute approximate surface area is 162 Å². The van der Waals surface area contributed by atoms with Crippen LogP contribution in [0.25, 0.3) is 5.69 Å². The van der Waals surface area contributed by atoms with Crippen LogP contribution < -0.4 is 11.0 Å². The third kappa shape index (κ3) is 4.16. The maximum Gasteiger partial charge on any atom is 0.446 e. The fourth-order valence-corrected chi connectivity index (χ4v) is 3.28. The lowest BCUT2D eigenvalue weighted by Crippen LogP contribution is -2.24. The van der Waals surface area contributed by atoms with Crippen molar-refractivity contribution >= 4 is 17.6 Å². The highest BCUT2D eigenvalue weighted by molar-refractivity contribution is 8.00. The number of anilines is 1. The van der Waals surface area contributed by atoms with Crippen molar-refractivity contribution in [3.05, 3.63) is 64.3 Å². The number of pyridine rings is 1. The van der Waals surface area contributed by atoms with Gasteiger partial charge in [-0.2, -0.15) is 13.2 Å². The lowest BCUT2D eigenvalue weighted by molar-refractivity contribution is -0.0328. The SMILES string of the molecule is CNc1cc(Cn2c(C)c(O)n(-c3ccc(SC(F)(F)F)cc3)c2=O)ccn1. The van der Waals surface area contributed by atoms with Crippen molar-refractivity contribution in [2.45, 2.75) is 23.9 Å². The van der Waals surface area contributed by atoms with Gasteiger partial charge >= 0.3 is 11.2 Å². The molecule has 2 aromatic heterocycles.